The van der Waals surface area contributed by atoms with Gasteiger partial charge in [0.1, 0.15) is 5.75 Å². The number of carbonyl (C=O) groups excluding carboxylic acids is 2. The highest BCUT2D eigenvalue weighted by atomic mass is 16.5. The minimum Gasteiger partial charge on any atom is -0.496 e. The van der Waals surface area contributed by atoms with Gasteiger partial charge in [0.2, 0.25) is 5.91 Å². The van der Waals surface area contributed by atoms with Gasteiger partial charge in [-0.15, -0.1) is 0 Å². The molecule has 2 amide bonds. The molecule has 0 unspecified atom stereocenters. The molecule has 0 aliphatic carbocycles. The largest absolute Gasteiger partial charge is 0.496 e. The van der Waals surface area contributed by atoms with Crippen LogP contribution in [0.1, 0.15) is 26.3 Å². The molecular weight excluding hydrogens is 268 g/mol. The van der Waals surface area contributed by atoms with Crippen LogP contribution in [-0.4, -0.2) is 18.9 Å². The molecule has 2 aromatic rings. The number of para-hydroxylation sites is 1. The first-order chi connectivity index (χ1) is 10.1. The van der Waals surface area contributed by atoms with Crippen LogP contribution < -0.4 is 15.8 Å². The second-order valence-corrected chi connectivity index (χ2v) is 4.45. The third-order valence-electron chi connectivity index (χ3n) is 3.02. The Kier molecular flexibility index (Phi) is 4.56. The van der Waals surface area contributed by atoms with Crippen LogP contribution in [0.25, 0.3) is 0 Å². The van der Waals surface area contributed by atoms with Crippen molar-refractivity contribution in [1.29, 1.82) is 0 Å². The maximum atomic E-state index is 12.1. The van der Waals surface area contributed by atoms with Crippen molar-refractivity contribution >= 4 is 11.8 Å². The Labute approximate surface area is 122 Å². The van der Waals surface area contributed by atoms with Gasteiger partial charge in [-0.3, -0.25) is 9.59 Å². The van der Waals surface area contributed by atoms with Gasteiger partial charge in [0.05, 0.1) is 12.7 Å². The summed E-state index contributed by atoms with van der Waals surface area (Å²) in [5, 5.41) is 2.79. The van der Waals surface area contributed by atoms with Gasteiger partial charge < -0.3 is 15.8 Å². The van der Waals surface area contributed by atoms with Crippen molar-refractivity contribution in [3.63, 3.8) is 0 Å². The van der Waals surface area contributed by atoms with Crippen molar-refractivity contribution in [2.75, 3.05) is 7.11 Å². The van der Waals surface area contributed by atoms with Gasteiger partial charge in [0, 0.05) is 12.1 Å². The smallest absolute Gasteiger partial charge is 0.255 e. The summed E-state index contributed by atoms with van der Waals surface area (Å²) in [4.78, 5) is 23.2. The highest BCUT2D eigenvalue weighted by molar-refractivity contribution is 5.97. The molecule has 0 aliphatic heterocycles. The van der Waals surface area contributed by atoms with Gasteiger partial charge in [-0.05, 0) is 29.8 Å². The Balaban J connectivity index is 2.07. The van der Waals surface area contributed by atoms with E-state index in [2.05, 4.69) is 5.32 Å². The molecule has 0 saturated carbocycles. The van der Waals surface area contributed by atoms with Crippen molar-refractivity contribution in [1.82, 2.24) is 5.32 Å². The Morgan fingerprint density at radius 3 is 2.62 bits per heavy atom. The van der Waals surface area contributed by atoms with Crippen LogP contribution in [0.3, 0.4) is 0 Å². The summed E-state index contributed by atoms with van der Waals surface area (Å²) in [6.45, 7) is 0.304. The van der Waals surface area contributed by atoms with Gasteiger partial charge in [-0.2, -0.15) is 0 Å². The number of ether oxygens (including phenoxy) is 1. The fraction of sp³-hybridized carbons (Fsp3) is 0.125. The monoisotopic (exact) mass is 284 g/mol. The Bertz CT molecular complexity index is 668. The third-order valence-corrected chi connectivity index (χ3v) is 3.02. The van der Waals surface area contributed by atoms with Crippen LogP contribution in [0.4, 0.5) is 0 Å². The fourth-order valence-corrected chi connectivity index (χ4v) is 1.94. The number of primary amides is 1. The number of hydrogen-bond donors (Lipinski definition) is 2. The number of nitrogens with one attached hydrogen (secondary N) is 1. The molecule has 0 spiro atoms. The maximum absolute atomic E-state index is 12.1. The molecule has 5 heteroatoms. The Morgan fingerprint density at radius 2 is 1.90 bits per heavy atom. The van der Waals surface area contributed by atoms with E-state index in [0.29, 0.717) is 23.4 Å². The normalized spacial score (nSPS) is 9.95. The van der Waals surface area contributed by atoms with E-state index < -0.39 is 5.91 Å². The molecule has 0 fully saturated rings. The van der Waals surface area contributed by atoms with Gasteiger partial charge in [0.25, 0.3) is 5.91 Å². The molecule has 3 N–H and O–H groups in total. The fourth-order valence-electron chi connectivity index (χ4n) is 1.94. The SMILES string of the molecule is COc1ccccc1C(=O)NCc1cccc(C(N)=O)c1. The number of benzene rings is 2. The molecule has 0 heterocycles. The average molecular weight is 284 g/mol. The molecule has 0 aliphatic rings. The van der Waals surface area contributed by atoms with Crippen LogP contribution in [0, 0.1) is 0 Å². The first kappa shape index (κ1) is 14.6. The van der Waals surface area contributed by atoms with Gasteiger partial charge >= 0.3 is 0 Å². The van der Waals surface area contributed by atoms with Crippen molar-refractivity contribution in [2.45, 2.75) is 6.54 Å². The maximum Gasteiger partial charge on any atom is 0.255 e. The predicted octanol–water partition coefficient (Wildman–Crippen LogP) is 1.72. The lowest BCUT2D eigenvalue weighted by Crippen LogP contribution is -2.23. The quantitative estimate of drug-likeness (QED) is 0.877. The van der Waals surface area contributed by atoms with E-state index in [1.807, 2.05) is 6.07 Å². The predicted molar refractivity (Wildman–Crippen MR) is 79.1 cm³/mol. The standard InChI is InChI=1S/C16H16N2O3/c1-21-14-8-3-2-7-13(14)16(20)18-10-11-5-4-6-12(9-11)15(17)19/h2-9H,10H2,1H3,(H2,17,19)(H,18,20). The number of nitrogens with two attached hydrogens (primary N) is 1. The van der Waals surface area contributed by atoms with Crippen LogP contribution in [-0.2, 0) is 6.54 Å². The van der Waals surface area contributed by atoms with E-state index in [9.17, 15) is 9.59 Å². The second kappa shape index (κ2) is 6.56. The van der Waals surface area contributed by atoms with Crippen molar-refractivity contribution in [2.24, 2.45) is 5.73 Å². The number of methoxy groups -OCH3 is 1. The molecule has 108 valence electrons. The van der Waals surface area contributed by atoms with Gasteiger partial charge in [-0.25, -0.2) is 0 Å². The van der Waals surface area contributed by atoms with E-state index in [1.165, 1.54) is 7.11 Å². The highest BCUT2D eigenvalue weighted by Gasteiger charge is 2.11. The molecule has 21 heavy (non-hydrogen) atoms. The van der Waals surface area contributed by atoms with E-state index in [0.717, 1.165) is 5.56 Å². The van der Waals surface area contributed by atoms with Gasteiger partial charge in [-0.1, -0.05) is 24.3 Å². The average Bonchev–Trinajstić information content (AvgIpc) is 2.52. The third kappa shape index (κ3) is 3.60. The molecule has 0 saturated heterocycles. The summed E-state index contributed by atoms with van der Waals surface area (Å²) in [6.07, 6.45) is 0. The van der Waals surface area contributed by atoms with Crippen LogP contribution in [0.15, 0.2) is 48.5 Å². The van der Waals surface area contributed by atoms with E-state index in [1.54, 1.807) is 42.5 Å². The Morgan fingerprint density at radius 1 is 1.14 bits per heavy atom. The minimum atomic E-state index is -0.493. The molecule has 0 aromatic heterocycles. The summed E-state index contributed by atoms with van der Waals surface area (Å²) in [7, 11) is 1.52. The Hall–Kier alpha value is -2.82. The molecule has 5 nitrogen and oxygen atoms in total. The van der Waals surface area contributed by atoms with Crippen LogP contribution in [0.2, 0.25) is 0 Å². The van der Waals surface area contributed by atoms with Crippen LogP contribution in [0.5, 0.6) is 5.75 Å². The lowest BCUT2D eigenvalue weighted by molar-refractivity contribution is 0.0947. The number of carbonyl (C=O) groups is 2. The molecule has 0 bridgehead atoms. The number of amides is 2. The van der Waals surface area contributed by atoms with Gasteiger partial charge in [0.15, 0.2) is 0 Å². The minimum absolute atomic E-state index is 0.239. The molecule has 0 atom stereocenters. The zero-order valence-corrected chi connectivity index (χ0v) is 11.6. The summed E-state index contributed by atoms with van der Waals surface area (Å²) in [5.41, 5.74) is 6.90. The first-order valence-corrected chi connectivity index (χ1v) is 6.42. The zero-order valence-electron chi connectivity index (χ0n) is 11.6. The van der Waals surface area contributed by atoms with Crippen LogP contribution >= 0.6 is 0 Å². The van der Waals surface area contributed by atoms with E-state index in [-0.39, 0.29) is 5.91 Å². The lowest BCUT2D eigenvalue weighted by atomic mass is 10.1. The highest BCUT2D eigenvalue weighted by Crippen LogP contribution is 2.17. The van der Waals surface area contributed by atoms with Crippen molar-refractivity contribution in [3.8, 4) is 5.75 Å². The molecule has 2 rings (SSSR count). The zero-order chi connectivity index (χ0) is 15.2. The topological polar surface area (TPSA) is 81.4 Å². The summed E-state index contributed by atoms with van der Waals surface area (Å²) in [6, 6.07) is 13.8. The molecular formula is C16H16N2O3. The molecule has 0 radical (unpaired) electrons. The van der Waals surface area contributed by atoms with E-state index in [4.69, 9.17) is 10.5 Å². The summed E-state index contributed by atoms with van der Waals surface area (Å²) in [5.74, 6) is -0.217. The summed E-state index contributed by atoms with van der Waals surface area (Å²) >= 11 is 0. The number of rotatable bonds is 5. The summed E-state index contributed by atoms with van der Waals surface area (Å²) < 4.78 is 5.15. The van der Waals surface area contributed by atoms with E-state index >= 15 is 0 Å². The van der Waals surface area contributed by atoms with Crippen molar-refractivity contribution in [3.05, 3.63) is 65.2 Å². The van der Waals surface area contributed by atoms with Crippen molar-refractivity contribution < 1.29 is 14.3 Å². The second-order valence-electron chi connectivity index (χ2n) is 4.45. The lowest BCUT2D eigenvalue weighted by Gasteiger charge is -2.09. The molecule has 2 aromatic carbocycles. The number of hydrogen-bond acceptors (Lipinski definition) is 3. The first-order valence-electron chi connectivity index (χ1n) is 6.42.